The van der Waals surface area contributed by atoms with Crippen molar-refractivity contribution < 1.29 is 20.1 Å². The zero-order valence-corrected chi connectivity index (χ0v) is 13.8. The molecule has 0 spiro atoms. The fraction of sp³-hybridized carbons (Fsp3) is 0.105. The van der Waals surface area contributed by atoms with Crippen molar-refractivity contribution in [3.8, 4) is 11.3 Å². The molecule has 0 bridgehead atoms. The van der Waals surface area contributed by atoms with Gasteiger partial charge in [-0.15, -0.1) is 34.9 Å². The standard InChI is InChI=1S/C19H14N.Ir/c1-2-7-15-13-18-16(12-14(15)6-1)8-5-9-17(18)19-10-3-4-11-20-19;/h1-8,10-11,13-14H,12H2;/q-1;. The van der Waals surface area contributed by atoms with Crippen LogP contribution in [-0.4, -0.2) is 4.98 Å². The van der Waals surface area contributed by atoms with Gasteiger partial charge in [-0.2, -0.15) is 0 Å². The van der Waals surface area contributed by atoms with Crippen molar-refractivity contribution in [2.24, 2.45) is 5.92 Å². The monoisotopic (exact) mass is 449 g/mol. The minimum Gasteiger partial charge on any atom is -0.305 e. The molecule has 2 aliphatic rings. The third kappa shape index (κ3) is 2.57. The maximum atomic E-state index is 4.47. The second-order valence-electron chi connectivity index (χ2n) is 5.21. The average molecular weight is 449 g/mol. The van der Waals surface area contributed by atoms with Gasteiger partial charge in [-0.25, -0.2) is 0 Å². The molecule has 2 aromatic rings. The molecule has 0 aliphatic heterocycles. The van der Waals surface area contributed by atoms with Crippen LogP contribution in [0.4, 0.5) is 0 Å². The largest absolute Gasteiger partial charge is 0.305 e. The molecule has 21 heavy (non-hydrogen) atoms. The van der Waals surface area contributed by atoms with Crippen molar-refractivity contribution in [1.29, 1.82) is 0 Å². The molecule has 1 aromatic carbocycles. The van der Waals surface area contributed by atoms with Crippen molar-refractivity contribution >= 4 is 6.08 Å². The number of hydrogen-bond donors (Lipinski definition) is 0. The van der Waals surface area contributed by atoms with Crippen LogP contribution in [0.2, 0.25) is 0 Å². The molecule has 2 heteroatoms. The third-order valence-corrected chi connectivity index (χ3v) is 3.97. The minimum atomic E-state index is 0. The number of pyridine rings is 1. The van der Waals surface area contributed by atoms with Gasteiger partial charge in [0.05, 0.1) is 0 Å². The summed E-state index contributed by atoms with van der Waals surface area (Å²) in [6.45, 7) is 0. The molecular weight excluding hydrogens is 434 g/mol. The van der Waals surface area contributed by atoms with E-state index in [-0.39, 0.29) is 20.1 Å². The first kappa shape index (κ1) is 14.2. The average Bonchev–Trinajstić information content (AvgIpc) is 2.53. The Morgan fingerprint density at radius 3 is 2.95 bits per heavy atom. The van der Waals surface area contributed by atoms with Crippen molar-refractivity contribution in [2.75, 3.05) is 0 Å². The quantitative estimate of drug-likeness (QED) is 0.595. The van der Waals surface area contributed by atoms with E-state index in [1.807, 2.05) is 30.5 Å². The molecule has 1 radical (unpaired) electrons. The molecule has 0 amide bonds. The minimum absolute atomic E-state index is 0. The fourth-order valence-corrected chi connectivity index (χ4v) is 2.96. The van der Waals surface area contributed by atoms with Crippen molar-refractivity contribution in [3.63, 3.8) is 0 Å². The smallest absolute Gasteiger partial charge is 0.0160 e. The second kappa shape index (κ2) is 5.93. The molecule has 1 heterocycles. The molecule has 1 nitrogen and oxygen atoms in total. The number of benzene rings is 1. The molecule has 0 saturated carbocycles. The summed E-state index contributed by atoms with van der Waals surface area (Å²) in [5, 5.41) is 0. The Balaban J connectivity index is 0.00000132. The maximum Gasteiger partial charge on any atom is 0.0160 e. The number of rotatable bonds is 1. The molecule has 4 rings (SSSR count). The number of fused-ring (bicyclic) bond motifs is 2. The van der Waals surface area contributed by atoms with Gasteiger partial charge in [0, 0.05) is 32.2 Å². The Morgan fingerprint density at radius 2 is 2.10 bits per heavy atom. The van der Waals surface area contributed by atoms with Crippen LogP contribution in [0.5, 0.6) is 0 Å². The third-order valence-electron chi connectivity index (χ3n) is 3.97. The zero-order valence-electron chi connectivity index (χ0n) is 11.4. The van der Waals surface area contributed by atoms with Crippen LogP contribution in [0.25, 0.3) is 17.3 Å². The first-order chi connectivity index (χ1) is 9.92. The molecule has 2 aliphatic carbocycles. The van der Waals surface area contributed by atoms with Gasteiger partial charge in [0.1, 0.15) is 0 Å². The predicted octanol–water partition coefficient (Wildman–Crippen LogP) is 4.23. The molecule has 1 aromatic heterocycles. The van der Waals surface area contributed by atoms with Crippen LogP contribution >= 0.6 is 0 Å². The second-order valence-corrected chi connectivity index (χ2v) is 5.21. The fourth-order valence-electron chi connectivity index (χ4n) is 2.96. The Hall–Kier alpha value is -1.76. The summed E-state index contributed by atoms with van der Waals surface area (Å²) in [6.07, 6.45) is 13.9. The molecule has 1 atom stereocenters. The van der Waals surface area contributed by atoms with Crippen LogP contribution in [0.15, 0.2) is 66.4 Å². The van der Waals surface area contributed by atoms with E-state index in [0.717, 1.165) is 17.7 Å². The van der Waals surface area contributed by atoms with E-state index in [2.05, 4.69) is 47.5 Å². The van der Waals surface area contributed by atoms with Crippen molar-refractivity contribution in [2.45, 2.75) is 6.42 Å². The van der Waals surface area contributed by atoms with Crippen LogP contribution in [0.3, 0.4) is 0 Å². The Kier molecular flexibility index (Phi) is 4.01. The van der Waals surface area contributed by atoms with Gasteiger partial charge >= 0.3 is 0 Å². The predicted molar refractivity (Wildman–Crippen MR) is 82.0 cm³/mol. The van der Waals surface area contributed by atoms with E-state index in [1.54, 1.807) is 0 Å². The molecular formula is C19H14IrN-. The topological polar surface area (TPSA) is 12.9 Å². The molecule has 105 valence electrons. The summed E-state index contributed by atoms with van der Waals surface area (Å²) in [6, 6.07) is 13.6. The zero-order chi connectivity index (χ0) is 13.4. The van der Waals surface area contributed by atoms with Crippen LogP contribution in [0.1, 0.15) is 11.1 Å². The van der Waals surface area contributed by atoms with E-state index < -0.39 is 0 Å². The molecule has 1 unspecified atom stereocenters. The number of nitrogens with zero attached hydrogens (tertiary/aromatic N) is 1. The number of aromatic nitrogens is 1. The SMILES string of the molecule is [Ir].[c-]1ccc2c(c1-c1ccccn1)C=C1C=CC=CC1C2. The van der Waals surface area contributed by atoms with Crippen LogP contribution in [0, 0.1) is 12.0 Å². The van der Waals surface area contributed by atoms with E-state index in [0.29, 0.717) is 5.92 Å². The van der Waals surface area contributed by atoms with E-state index in [1.165, 1.54) is 16.7 Å². The van der Waals surface area contributed by atoms with Crippen molar-refractivity contribution in [3.05, 3.63) is 83.6 Å². The van der Waals surface area contributed by atoms with Gasteiger partial charge in [0.25, 0.3) is 0 Å². The summed E-state index contributed by atoms with van der Waals surface area (Å²) in [7, 11) is 0. The van der Waals surface area contributed by atoms with Crippen molar-refractivity contribution in [1.82, 2.24) is 4.98 Å². The first-order valence-corrected chi connectivity index (χ1v) is 6.93. The van der Waals surface area contributed by atoms with Gasteiger partial charge in [0.2, 0.25) is 0 Å². The summed E-state index contributed by atoms with van der Waals surface area (Å²) >= 11 is 0. The van der Waals surface area contributed by atoms with E-state index in [9.17, 15) is 0 Å². The Bertz CT molecular complexity index is 741. The number of hydrogen-bond acceptors (Lipinski definition) is 1. The summed E-state index contributed by atoms with van der Waals surface area (Å²) < 4.78 is 0. The van der Waals surface area contributed by atoms with Gasteiger partial charge in [-0.05, 0) is 23.8 Å². The molecule has 0 saturated heterocycles. The summed E-state index contributed by atoms with van der Waals surface area (Å²) in [4.78, 5) is 4.47. The molecule has 0 N–H and O–H groups in total. The normalized spacial score (nSPS) is 18.3. The van der Waals surface area contributed by atoms with Gasteiger partial charge < -0.3 is 4.98 Å². The van der Waals surface area contributed by atoms with E-state index >= 15 is 0 Å². The maximum absolute atomic E-state index is 4.47. The van der Waals surface area contributed by atoms with Gasteiger partial charge in [-0.3, -0.25) is 0 Å². The Labute approximate surface area is 138 Å². The van der Waals surface area contributed by atoms with Crippen LogP contribution < -0.4 is 0 Å². The Morgan fingerprint density at radius 1 is 1.14 bits per heavy atom. The van der Waals surface area contributed by atoms with Crippen LogP contribution in [-0.2, 0) is 26.5 Å². The number of allylic oxidation sites excluding steroid dienone is 5. The summed E-state index contributed by atoms with van der Waals surface area (Å²) in [5.74, 6) is 0.520. The summed E-state index contributed by atoms with van der Waals surface area (Å²) in [5.41, 5.74) is 6.15. The molecule has 0 fully saturated rings. The first-order valence-electron chi connectivity index (χ1n) is 6.93. The van der Waals surface area contributed by atoms with Gasteiger partial charge in [-0.1, -0.05) is 42.5 Å². The van der Waals surface area contributed by atoms with E-state index in [4.69, 9.17) is 0 Å². The van der Waals surface area contributed by atoms with Gasteiger partial charge in [0.15, 0.2) is 0 Å².